The largest absolute Gasteiger partial charge is 0.462 e. The number of aromatic nitrogens is 1. The molecule has 0 bridgehead atoms. The normalized spacial score (nSPS) is 16.8. The van der Waals surface area contributed by atoms with Gasteiger partial charge in [-0.3, -0.25) is 9.59 Å². The predicted octanol–water partition coefficient (Wildman–Crippen LogP) is 3.98. The van der Waals surface area contributed by atoms with Crippen molar-refractivity contribution in [3.05, 3.63) is 44.3 Å². The van der Waals surface area contributed by atoms with Crippen molar-refractivity contribution >= 4 is 39.0 Å². The van der Waals surface area contributed by atoms with Gasteiger partial charge in [0.2, 0.25) is 5.78 Å². The molecule has 0 aliphatic carbocycles. The Labute approximate surface area is 141 Å². The molecule has 22 heavy (non-hydrogen) atoms. The van der Waals surface area contributed by atoms with Crippen LogP contribution in [0.3, 0.4) is 0 Å². The van der Waals surface area contributed by atoms with Crippen LogP contribution in [0.5, 0.6) is 0 Å². The molecule has 2 aromatic rings. The number of hydrogen-bond acceptors (Lipinski definition) is 4. The molecule has 3 heterocycles. The van der Waals surface area contributed by atoms with Gasteiger partial charge in [0.25, 0.3) is 0 Å². The molecule has 0 radical (unpaired) electrons. The maximum Gasteiger partial charge on any atom is 0.315 e. The molecule has 1 unspecified atom stereocenters. The Bertz CT molecular complexity index is 732. The van der Waals surface area contributed by atoms with Gasteiger partial charge >= 0.3 is 5.97 Å². The summed E-state index contributed by atoms with van der Waals surface area (Å²) in [5.41, 5.74) is 1.52. The summed E-state index contributed by atoms with van der Waals surface area (Å²) in [6, 6.07) is 5.50. The summed E-state index contributed by atoms with van der Waals surface area (Å²) in [6.45, 7) is 4.36. The fraction of sp³-hybridized carbons (Fsp3) is 0.375. The predicted molar refractivity (Wildman–Crippen MR) is 88.5 cm³/mol. The zero-order valence-electron chi connectivity index (χ0n) is 12.3. The second kappa shape index (κ2) is 6.01. The molecule has 0 spiro atoms. The van der Waals surface area contributed by atoms with Crippen molar-refractivity contribution in [2.45, 2.75) is 38.8 Å². The first-order chi connectivity index (χ1) is 10.5. The standard InChI is InChI=1S/C16H16BrNO3S/c1-9(2)21-16(20)11-5-6-18-12(11)3-4-13(18)15(19)14-7-10(17)8-22-14/h3-4,7-9,11H,5-6H2,1-2H3. The second-order valence-electron chi connectivity index (χ2n) is 5.58. The molecule has 0 saturated heterocycles. The van der Waals surface area contributed by atoms with E-state index in [-0.39, 0.29) is 23.8 Å². The lowest BCUT2D eigenvalue weighted by atomic mass is 10.1. The van der Waals surface area contributed by atoms with Crippen molar-refractivity contribution in [2.24, 2.45) is 0 Å². The SMILES string of the molecule is CC(C)OC(=O)C1CCn2c(C(=O)c3cc(Br)cs3)ccc21. The number of ether oxygens (including phenoxy) is 1. The Morgan fingerprint density at radius 2 is 2.18 bits per heavy atom. The third kappa shape index (κ3) is 2.77. The average Bonchev–Trinajstić information content (AvgIpc) is 3.11. The van der Waals surface area contributed by atoms with E-state index in [4.69, 9.17) is 4.74 Å². The monoisotopic (exact) mass is 381 g/mol. The smallest absolute Gasteiger partial charge is 0.315 e. The van der Waals surface area contributed by atoms with Gasteiger partial charge in [0.1, 0.15) is 0 Å². The quantitative estimate of drug-likeness (QED) is 0.594. The minimum absolute atomic E-state index is 0.000160. The molecule has 1 aliphatic rings. The van der Waals surface area contributed by atoms with Crippen molar-refractivity contribution in [2.75, 3.05) is 0 Å². The number of esters is 1. The van der Waals surface area contributed by atoms with Gasteiger partial charge in [0.15, 0.2) is 0 Å². The lowest BCUT2D eigenvalue weighted by Crippen LogP contribution is -2.18. The number of rotatable bonds is 4. The Hall–Kier alpha value is -1.40. The summed E-state index contributed by atoms with van der Waals surface area (Å²) >= 11 is 4.78. The number of carbonyl (C=O) groups excluding carboxylic acids is 2. The number of thiophene rings is 1. The maximum absolute atomic E-state index is 12.6. The third-order valence-corrected chi connectivity index (χ3v) is 5.36. The number of ketones is 1. The van der Waals surface area contributed by atoms with Crippen LogP contribution in [0.15, 0.2) is 28.1 Å². The van der Waals surface area contributed by atoms with E-state index in [1.165, 1.54) is 11.3 Å². The van der Waals surface area contributed by atoms with E-state index in [0.717, 1.165) is 10.2 Å². The number of fused-ring (bicyclic) bond motifs is 1. The molecule has 0 aromatic carbocycles. The van der Waals surface area contributed by atoms with Gasteiger partial charge in [-0.25, -0.2) is 0 Å². The fourth-order valence-electron chi connectivity index (χ4n) is 2.75. The summed E-state index contributed by atoms with van der Waals surface area (Å²) < 4.78 is 8.16. The number of nitrogens with zero attached hydrogens (tertiary/aromatic N) is 1. The number of hydrogen-bond donors (Lipinski definition) is 0. The molecule has 0 saturated carbocycles. The fourth-order valence-corrected chi connectivity index (χ4v) is 4.13. The van der Waals surface area contributed by atoms with Gasteiger partial charge < -0.3 is 9.30 Å². The van der Waals surface area contributed by atoms with Crippen molar-refractivity contribution in [3.63, 3.8) is 0 Å². The zero-order valence-corrected chi connectivity index (χ0v) is 14.7. The topological polar surface area (TPSA) is 48.3 Å². The summed E-state index contributed by atoms with van der Waals surface area (Å²) in [5.74, 6) is -0.469. The van der Waals surface area contributed by atoms with E-state index < -0.39 is 0 Å². The van der Waals surface area contributed by atoms with Crippen molar-refractivity contribution < 1.29 is 14.3 Å². The molecule has 0 fully saturated rings. The van der Waals surface area contributed by atoms with Crippen molar-refractivity contribution in [3.8, 4) is 0 Å². The van der Waals surface area contributed by atoms with E-state index in [9.17, 15) is 9.59 Å². The van der Waals surface area contributed by atoms with Gasteiger partial charge in [-0.05, 0) is 54.4 Å². The molecule has 0 N–H and O–H groups in total. The molecule has 0 amide bonds. The Morgan fingerprint density at radius 3 is 2.82 bits per heavy atom. The van der Waals surface area contributed by atoms with E-state index in [2.05, 4.69) is 15.9 Å². The van der Waals surface area contributed by atoms with Gasteiger partial charge in [0.05, 0.1) is 22.6 Å². The highest BCUT2D eigenvalue weighted by molar-refractivity contribution is 9.10. The molecule has 6 heteroatoms. The molecule has 1 atom stereocenters. The first kappa shape index (κ1) is 15.5. The van der Waals surface area contributed by atoms with Gasteiger partial charge in [-0.15, -0.1) is 11.3 Å². The highest BCUT2D eigenvalue weighted by atomic mass is 79.9. The zero-order chi connectivity index (χ0) is 15.9. The molecule has 3 rings (SSSR count). The van der Waals surface area contributed by atoms with Crippen LogP contribution in [0.1, 0.15) is 47.2 Å². The highest BCUT2D eigenvalue weighted by Gasteiger charge is 2.33. The Kier molecular flexibility index (Phi) is 4.23. The minimum Gasteiger partial charge on any atom is -0.462 e. The summed E-state index contributed by atoms with van der Waals surface area (Å²) in [4.78, 5) is 25.4. The van der Waals surface area contributed by atoms with Crippen LogP contribution in [0.4, 0.5) is 0 Å². The first-order valence-electron chi connectivity index (χ1n) is 7.16. The van der Waals surface area contributed by atoms with E-state index >= 15 is 0 Å². The van der Waals surface area contributed by atoms with Crippen LogP contribution in [0, 0.1) is 0 Å². The minimum atomic E-state index is -0.265. The van der Waals surface area contributed by atoms with Crippen LogP contribution in [-0.4, -0.2) is 22.4 Å². The van der Waals surface area contributed by atoms with E-state index in [1.807, 2.05) is 35.9 Å². The average molecular weight is 382 g/mol. The number of carbonyl (C=O) groups is 2. The van der Waals surface area contributed by atoms with Gasteiger partial charge in [0, 0.05) is 22.1 Å². The second-order valence-corrected chi connectivity index (χ2v) is 7.41. The van der Waals surface area contributed by atoms with Crippen LogP contribution in [0.25, 0.3) is 0 Å². The van der Waals surface area contributed by atoms with E-state index in [1.54, 1.807) is 6.07 Å². The van der Waals surface area contributed by atoms with Gasteiger partial charge in [-0.2, -0.15) is 0 Å². The maximum atomic E-state index is 12.6. The molecule has 2 aromatic heterocycles. The van der Waals surface area contributed by atoms with E-state index in [0.29, 0.717) is 23.5 Å². The third-order valence-electron chi connectivity index (χ3n) is 3.67. The Balaban J connectivity index is 1.87. The van der Waals surface area contributed by atoms with Crippen molar-refractivity contribution in [1.82, 2.24) is 4.57 Å². The first-order valence-corrected chi connectivity index (χ1v) is 8.83. The summed E-state index contributed by atoms with van der Waals surface area (Å²) in [6.07, 6.45) is 0.567. The summed E-state index contributed by atoms with van der Waals surface area (Å²) in [5, 5.41) is 1.89. The molecule has 1 aliphatic heterocycles. The highest BCUT2D eigenvalue weighted by Crippen LogP contribution is 2.33. The van der Waals surface area contributed by atoms with Crippen LogP contribution < -0.4 is 0 Å². The van der Waals surface area contributed by atoms with Gasteiger partial charge in [-0.1, -0.05) is 0 Å². The summed E-state index contributed by atoms with van der Waals surface area (Å²) in [7, 11) is 0. The number of halogens is 1. The molecule has 116 valence electrons. The Morgan fingerprint density at radius 1 is 1.41 bits per heavy atom. The lowest BCUT2D eigenvalue weighted by molar-refractivity contribution is -0.149. The van der Waals surface area contributed by atoms with Crippen LogP contribution in [0.2, 0.25) is 0 Å². The lowest BCUT2D eigenvalue weighted by Gasteiger charge is -2.12. The molecular formula is C16H16BrNO3S. The molecule has 4 nitrogen and oxygen atoms in total. The van der Waals surface area contributed by atoms with Crippen molar-refractivity contribution in [1.29, 1.82) is 0 Å². The van der Waals surface area contributed by atoms with Crippen LogP contribution >= 0.6 is 27.3 Å². The van der Waals surface area contributed by atoms with Crippen LogP contribution in [-0.2, 0) is 16.1 Å². The molecular weight excluding hydrogens is 366 g/mol.